The molecule has 0 fully saturated rings. The Hall–Kier alpha value is -6.52. The first-order valence-electron chi connectivity index (χ1n) is 26.4. The van der Waals surface area contributed by atoms with Crippen molar-refractivity contribution in [2.24, 2.45) is 15.3 Å². The summed E-state index contributed by atoms with van der Waals surface area (Å²) in [7, 11) is 4.50. The Bertz CT molecular complexity index is 1740. The summed E-state index contributed by atoms with van der Waals surface area (Å²) in [6.45, 7) is 3.22. The van der Waals surface area contributed by atoms with Gasteiger partial charge in [-0.3, -0.25) is 48.1 Å². The second-order valence-electron chi connectivity index (χ2n) is 17.7. The minimum atomic E-state index is -0.380. The zero-order chi connectivity index (χ0) is 58.6. The highest BCUT2D eigenvalue weighted by Crippen LogP contribution is 2.03. The van der Waals surface area contributed by atoms with Gasteiger partial charge in [-0.25, -0.2) is 0 Å². The van der Waals surface area contributed by atoms with E-state index in [2.05, 4.69) is 46.0 Å². The summed E-state index contributed by atoms with van der Waals surface area (Å²) in [5.41, 5.74) is 24.9. The average Bonchev–Trinajstić information content (AvgIpc) is 3.41. The fourth-order valence-electron chi connectivity index (χ4n) is 6.52. The molecule has 6 amide bonds. The number of carbonyl (C=O) groups excluding carboxylic acids is 9. The summed E-state index contributed by atoms with van der Waals surface area (Å²) in [4.78, 5) is 124. The van der Waals surface area contributed by atoms with Crippen LogP contribution in [0.1, 0.15) is 77.0 Å². The monoisotopic (exact) mass is 1120 g/mol. The molecule has 31 nitrogen and oxygen atoms in total. The van der Waals surface area contributed by atoms with Crippen LogP contribution in [-0.4, -0.2) is 251 Å². The van der Waals surface area contributed by atoms with Crippen molar-refractivity contribution in [1.29, 1.82) is 0 Å². The van der Waals surface area contributed by atoms with Crippen LogP contribution in [0.3, 0.4) is 0 Å². The van der Waals surface area contributed by atoms with Gasteiger partial charge in [-0.05, 0) is 55.1 Å². The fraction of sp³-hybridized carbons (Fsp3) is 0.812. The molecular formula is C48H84N16O15. The molecule has 0 aliphatic heterocycles. The molecule has 0 aromatic heterocycles. The Balaban J connectivity index is 4.68. The smallest absolute Gasteiger partial charge is 0.248 e. The minimum absolute atomic E-state index is 0.0605. The highest BCUT2D eigenvalue weighted by atomic mass is 16.5. The molecule has 0 radical (unpaired) electrons. The van der Waals surface area contributed by atoms with E-state index in [-0.39, 0.29) is 210 Å². The molecule has 3 N–H and O–H groups in total. The van der Waals surface area contributed by atoms with Crippen LogP contribution in [-0.2, 0) is 71.6 Å². The summed E-state index contributed by atoms with van der Waals surface area (Å²) >= 11 is 0. The highest BCUT2D eigenvalue weighted by Gasteiger charge is 2.16. The second-order valence-corrected chi connectivity index (χ2v) is 17.7. The van der Waals surface area contributed by atoms with Crippen LogP contribution in [0.4, 0.5) is 0 Å². The van der Waals surface area contributed by atoms with E-state index in [9.17, 15) is 43.2 Å². The number of carbonyl (C=O) groups is 9. The maximum Gasteiger partial charge on any atom is 0.248 e. The lowest BCUT2D eigenvalue weighted by Gasteiger charge is -2.22. The number of nitrogens with zero attached hydrogens (tertiary/aromatic N) is 13. The Morgan fingerprint density at radius 2 is 0.658 bits per heavy atom. The van der Waals surface area contributed by atoms with Gasteiger partial charge in [0.25, 0.3) is 0 Å². The third kappa shape index (κ3) is 46.1. The van der Waals surface area contributed by atoms with E-state index in [1.165, 1.54) is 35.8 Å². The normalized spacial score (nSPS) is 10.6. The molecule has 0 aliphatic rings. The Labute approximate surface area is 461 Å². The molecule has 0 bridgehead atoms. The van der Waals surface area contributed by atoms with Gasteiger partial charge in [0.1, 0.15) is 19.8 Å². The van der Waals surface area contributed by atoms with Gasteiger partial charge >= 0.3 is 0 Å². The number of Topliss-reactive ketones (excluding diaryl/α,β-unsaturated/α-hetero) is 3. The van der Waals surface area contributed by atoms with Crippen molar-refractivity contribution in [3.63, 3.8) is 0 Å². The third-order valence-corrected chi connectivity index (χ3v) is 11.1. The van der Waals surface area contributed by atoms with Crippen molar-refractivity contribution < 1.29 is 71.6 Å². The van der Waals surface area contributed by atoms with Gasteiger partial charge in [0, 0.05) is 133 Å². The molecular weight excluding hydrogens is 1040 g/mol. The van der Waals surface area contributed by atoms with Crippen LogP contribution < -0.4 is 16.0 Å². The second kappa shape index (κ2) is 51.0. The number of ketones is 3. The summed E-state index contributed by atoms with van der Waals surface area (Å²) < 4.78 is 33.2. The van der Waals surface area contributed by atoms with Gasteiger partial charge in [0.15, 0.2) is 17.3 Å². The van der Waals surface area contributed by atoms with E-state index in [1.54, 1.807) is 0 Å². The van der Waals surface area contributed by atoms with Crippen molar-refractivity contribution >= 4 is 52.8 Å². The van der Waals surface area contributed by atoms with E-state index in [1.807, 2.05) is 4.90 Å². The number of rotatable bonds is 54. The first kappa shape index (κ1) is 72.5. The van der Waals surface area contributed by atoms with Gasteiger partial charge in [0.05, 0.1) is 79.1 Å². The minimum Gasteiger partial charge on any atom is -0.380 e. The first-order valence-corrected chi connectivity index (χ1v) is 26.4. The number of azide groups is 3. The first-order chi connectivity index (χ1) is 38.1. The van der Waals surface area contributed by atoms with E-state index in [0.29, 0.717) is 77.8 Å². The largest absolute Gasteiger partial charge is 0.380 e. The number of amides is 6. The highest BCUT2D eigenvalue weighted by molar-refractivity contribution is 5.87. The number of hydrogen-bond donors (Lipinski definition) is 3. The summed E-state index contributed by atoms with van der Waals surface area (Å²) in [6.07, 6.45) is 4.43. The maximum absolute atomic E-state index is 12.4. The van der Waals surface area contributed by atoms with E-state index >= 15 is 0 Å². The predicted octanol–water partition coefficient (Wildman–Crippen LogP) is 1.43. The van der Waals surface area contributed by atoms with Crippen LogP contribution in [0.15, 0.2) is 15.3 Å². The molecule has 446 valence electrons. The van der Waals surface area contributed by atoms with Gasteiger partial charge in [-0.1, -0.05) is 15.3 Å². The number of likely N-dealkylation sites (N-methyl/N-ethyl adjacent to an activating group) is 3. The summed E-state index contributed by atoms with van der Waals surface area (Å²) in [5, 5.41) is 18.4. The predicted molar refractivity (Wildman–Crippen MR) is 286 cm³/mol. The zero-order valence-electron chi connectivity index (χ0n) is 46.4. The summed E-state index contributed by atoms with van der Waals surface area (Å²) in [6, 6.07) is 0. The van der Waals surface area contributed by atoms with Crippen LogP contribution in [0.25, 0.3) is 31.3 Å². The van der Waals surface area contributed by atoms with Crippen LogP contribution in [0.5, 0.6) is 0 Å². The van der Waals surface area contributed by atoms with Crippen LogP contribution >= 0.6 is 0 Å². The molecule has 0 unspecified atom stereocenters. The Morgan fingerprint density at radius 1 is 0.380 bits per heavy atom. The molecule has 0 aromatic carbocycles. The van der Waals surface area contributed by atoms with Crippen molar-refractivity contribution in [2.45, 2.75) is 77.0 Å². The van der Waals surface area contributed by atoms with Crippen molar-refractivity contribution in [3.05, 3.63) is 31.3 Å². The van der Waals surface area contributed by atoms with Crippen molar-refractivity contribution in [3.8, 4) is 0 Å². The molecule has 0 saturated carbocycles. The molecule has 0 atom stereocenters. The lowest BCUT2D eigenvalue weighted by atomic mass is 10.1. The van der Waals surface area contributed by atoms with Gasteiger partial charge in [0.2, 0.25) is 35.4 Å². The van der Waals surface area contributed by atoms with Gasteiger partial charge in [-0.2, -0.15) is 0 Å². The summed E-state index contributed by atoms with van der Waals surface area (Å²) in [5.74, 6) is -2.33. The molecule has 31 heteroatoms. The molecule has 79 heavy (non-hydrogen) atoms. The number of hydrogen-bond acceptors (Lipinski definition) is 19. The number of unbranched alkanes of at least 4 members (excludes halogenated alkanes) is 3. The fourth-order valence-corrected chi connectivity index (χ4v) is 6.52. The van der Waals surface area contributed by atoms with E-state index < -0.39 is 0 Å². The molecule has 0 aliphatic carbocycles. The van der Waals surface area contributed by atoms with Crippen LogP contribution in [0, 0.1) is 0 Å². The topological polar surface area (TPSA) is 404 Å². The Kier molecular flexibility index (Phi) is 46.7. The zero-order valence-corrected chi connectivity index (χ0v) is 46.4. The lowest BCUT2D eigenvalue weighted by molar-refractivity contribution is -0.138. The average molecular weight is 1130 g/mol. The van der Waals surface area contributed by atoms with Gasteiger partial charge < -0.3 is 59.1 Å². The van der Waals surface area contributed by atoms with Crippen LogP contribution in [0.2, 0.25) is 0 Å². The SMILES string of the molecule is CN(CC(=O)CCCCN=[N+]=[N-])C(=O)COCCNC(=O)CCOCCN(CCOCCC(=O)NCCOCC(=O)N(C)CC(=O)CCCCN=[N+]=[N-])CCOCCC(=O)NCCOCC(=O)N(C)CC(=O)CCCCN=[N+]=[N-]. The molecule has 0 saturated heterocycles. The number of nitrogens with one attached hydrogen (secondary N) is 3. The third-order valence-electron chi connectivity index (χ3n) is 11.1. The maximum atomic E-state index is 12.4. The van der Waals surface area contributed by atoms with E-state index in [0.717, 1.165) is 0 Å². The van der Waals surface area contributed by atoms with E-state index in [4.69, 9.17) is 45.0 Å². The molecule has 0 heterocycles. The molecule has 0 spiro atoms. The standard InChI is InChI=1S/C48H84N16O15/c1-61(34-40(65)10-4-7-16-55-58-49)46(71)37-77-28-19-52-43(68)13-25-74-31-22-64(23-32-75-26-14-44(69)53-20-29-78-38-47(72)62(2)35-41(66)11-5-8-17-56-59-50)24-33-76-27-15-45(70)54-21-30-79-39-48(73)63(3)36-42(67)12-6-9-18-57-60-51/h4-39H2,1-3H3,(H,52,68)(H,53,69)(H,54,70). The number of ether oxygens (including phenoxy) is 6. The van der Waals surface area contributed by atoms with Crippen molar-refractivity contribution in [1.82, 2.24) is 35.6 Å². The molecule has 0 rings (SSSR count). The molecule has 0 aromatic rings. The quantitative estimate of drug-likeness (QED) is 0.0336. The lowest BCUT2D eigenvalue weighted by Crippen LogP contribution is -2.36. The Morgan fingerprint density at radius 3 is 0.924 bits per heavy atom. The van der Waals surface area contributed by atoms with Crippen molar-refractivity contribution in [2.75, 3.05) is 179 Å². The van der Waals surface area contributed by atoms with Gasteiger partial charge in [-0.15, -0.1) is 0 Å².